The van der Waals surface area contributed by atoms with Gasteiger partial charge in [-0.15, -0.1) is 0 Å². The molecule has 0 aromatic carbocycles. The molecule has 0 radical (unpaired) electrons. The Balaban J connectivity index is 0. The topological polar surface area (TPSA) is 6.48 Å². The van der Waals surface area contributed by atoms with Crippen molar-refractivity contribution in [3.05, 3.63) is 12.4 Å². The second kappa shape index (κ2) is 9.98. The molecule has 114 valence electrons. The van der Waals surface area contributed by atoms with Crippen molar-refractivity contribution in [2.24, 2.45) is 0 Å². The van der Waals surface area contributed by atoms with Gasteiger partial charge < -0.3 is 27.1 Å². The fraction of sp³-hybridized carbons (Fsp3) is 0.833. The molecule has 0 atom stereocenters. The van der Waals surface area contributed by atoms with E-state index >= 15 is 0 Å². The van der Waals surface area contributed by atoms with Crippen LogP contribution in [-0.2, 0) is 0 Å². The maximum atomic E-state index is 9.75. The van der Waals surface area contributed by atoms with Crippen molar-refractivity contribution in [2.75, 3.05) is 20.3 Å². The third-order valence-corrected chi connectivity index (χ3v) is 2.74. The van der Waals surface area contributed by atoms with Gasteiger partial charge in [-0.1, -0.05) is 39.0 Å². The molecule has 0 fully saturated rings. The highest BCUT2D eigenvalue weighted by Crippen LogP contribution is 2.09. The summed E-state index contributed by atoms with van der Waals surface area (Å²) in [5.74, 6) is 0. The Labute approximate surface area is 115 Å². The minimum atomic E-state index is -6.00. The molecule has 0 N–H and O–H groups in total. The Hall–Kier alpha value is -0.875. The Morgan fingerprint density at radius 2 is 1.53 bits per heavy atom. The SMILES string of the molecule is CCCCCCCCN1C=CN(C)C1.F[B-](F)(F)F.[H+]. The van der Waals surface area contributed by atoms with Crippen LogP contribution >= 0.6 is 0 Å². The second-order valence-corrected chi connectivity index (χ2v) is 4.77. The largest absolute Gasteiger partial charge is 1.00 e. The molecule has 1 heterocycles. The van der Waals surface area contributed by atoms with E-state index in [9.17, 15) is 17.3 Å². The van der Waals surface area contributed by atoms with Crippen LogP contribution in [0.3, 0.4) is 0 Å². The molecule has 2 nitrogen and oxygen atoms in total. The van der Waals surface area contributed by atoms with E-state index in [1.54, 1.807) is 0 Å². The lowest BCUT2D eigenvalue weighted by molar-refractivity contribution is 0.290. The van der Waals surface area contributed by atoms with Crippen LogP contribution in [0.4, 0.5) is 17.3 Å². The minimum absolute atomic E-state index is 0. The normalized spacial score (nSPS) is 14.6. The van der Waals surface area contributed by atoms with Gasteiger partial charge in [0.25, 0.3) is 0 Å². The molecule has 1 aliphatic rings. The van der Waals surface area contributed by atoms with Crippen molar-refractivity contribution in [3.8, 4) is 0 Å². The van der Waals surface area contributed by atoms with Gasteiger partial charge in [-0.05, 0) is 6.42 Å². The van der Waals surface area contributed by atoms with Crippen LogP contribution in [0, 0.1) is 0 Å². The molecule has 0 bridgehead atoms. The Morgan fingerprint density at radius 3 is 2.00 bits per heavy atom. The Kier molecular flexibility index (Phi) is 9.52. The van der Waals surface area contributed by atoms with Crippen molar-refractivity contribution in [2.45, 2.75) is 45.4 Å². The number of hydrogen-bond donors (Lipinski definition) is 0. The molecule has 0 aliphatic carbocycles. The van der Waals surface area contributed by atoms with E-state index in [-0.39, 0.29) is 1.43 Å². The predicted molar refractivity (Wildman–Crippen MR) is 73.2 cm³/mol. The first-order valence-corrected chi connectivity index (χ1v) is 6.83. The first-order chi connectivity index (χ1) is 8.83. The summed E-state index contributed by atoms with van der Waals surface area (Å²) < 4.78 is 39.0. The van der Waals surface area contributed by atoms with Gasteiger partial charge >= 0.3 is 8.68 Å². The number of nitrogens with zero attached hydrogens (tertiary/aromatic N) is 2. The first kappa shape index (κ1) is 18.1. The molecule has 19 heavy (non-hydrogen) atoms. The summed E-state index contributed by atoms with van der Waals surface area (Å²) in [5, 5.41) is 0. The zero-order chi connectivity index (χ0) is 14.7. The van der Waals surface area contributed by atoms with E-state index in [1.165, 1.54) is 45.1 Å². The summed E-state index contributed by atoms with van der Waals surface area (Å²) >= 11 is 0. The maximum absolute atomic E-state index is 9.75. The van der Waals surface area contributed by atoms with Crippen LogP contribution in [0.15, 0.2) is 12.4 Å². The van der Waals surface area contributed by atoms with Crippen LogP contribution < -0.4 is 0 Å². The number of hydrogen-bond acceptors (Lipinski definition) is 2. The first-order valence-electron chi connectivity index (χ1n) is 6.83. The summed E-state index contributed by atoms with van der Waals surface area (Å²) in [6, 6.07) is 0. The van der Waals surface area contributed by atoms with Gasteiger partial charge in [-0.2, -0.15) is 0 Å². The van der Waals surface area contributed by atoms with Gasteiger partial charge in [-0.3, -0.25) is 0 Å². The summed E-state index contributed by atoms with van der Waals surface area (Å²) in [5.41, 5.74) is 0. The van der Waals surface area contributed by atoms with Crippen LogP contribution in [0.5, 0.6) is 0 Å². The molecule has 0 aromatic heterocycles. The lowest BCUT2D eigenvalue weighted by Crippen LogP contribution is -2.23. The molecule has 0 aromatic rings. The lowest BCUT2D eigenvalue weighted by atomic mass is 10.1. The van der Waals surface area contributed by atoms with Crippen LogP contribution in [0.2, 0.25) is 0 Å². The average Bonchev–Trinajstić information content (AvgIpc) is 2.67. The fourth-order valence-corrected chi connectivity index (χ4v) is 1.83. The summed E-state index contributed by atoms with van der Waals surface area (Å²) in [7, 11) is -3.88. The van der Waals surface area contributed by atoms with Crippen LogP contribution in [0.1, 0.15) is 46.9 Å². The summed E-state index contributed by atoms with van der Waals surface area (Å²) in [6.07, 6.45) is 12.7. The van der Waals surface area contributed by atoms with E-state index in [1.807, 2.05) is 0 Å². The standard InChI is InChI=1S/C12H24N2.BF4/c1-3-4-5-6-7-8-9-14-11-10-13(2)12-14;2-1(3,4)5/h10-11H,3-9,12H2,1-2H3;/q;-1/p+1. The number of rotatable bonds is 7. The second-order valence-electron chi connectivity index (χ2n) is 4.77. The lowest BCUT2D eigenvalue weighted by Gasteiger charge is -2.17. The molecule has 1 rings (SSSR count). The molecule has 0 saturated carbocycles. The van der Waals surface area contributed by atoms with E-state index in [0.717, 1.165) is 6.67 Å². The predicted octanol–water partition coefficient (Wildman–Crippen LogP) is 4.44. The fourth-order valence-electron chi connectivity index (χ4n) is 1.83. The van der Waals surface area contributed by atoms with E-state index in [4.69, 9.17) is 0 Å². The van der Waals surface area contributed by atoms with Crippen molar-refractivity contribution in [1.29, 1.82) is 0 Å². The van der Waals surface area contributed by atoms with Gasteiger partial charge in [0, 0.05) is 26.0 Å². The Bertz CT molecular complexity index is 246. The molecule has 0 spiro atoms. The number of halogens is 4. The Morgan fingerprint density at radius 1 is 1.00 bits per heavy atom. The van der Waals surface area contributed by atoms with E-state index in [2.05, 4.69) is 36.2 Å². The molecular weight excluding hydrogens is 259 g/mol. The quantitative estimate of drug-likeness (QED) is 0.387. The average molecular weight is 284 g/mol. The highest BCUT2D eigenvalue weighted by atomic mass is 19.5. The van der Waals surface area contributed by atoms with Crippen LogP contribution in [-0.4, -0.2) is 37.3 Å². The van der Waals surface area contributed by atoms with E-state index < -0.39 is 7.25 Å². The van der Waals surface area contributed by atoms with Crippen molar-refractivity contribution < 1.29 is 18.7 Å². The molecular formula is C12H25BF4N2. The van der Waals surface area contributed by atoms with Gasteiger partial charge in [-0.25, -0.2) is 0 Å². The zero-order valence-electron chi connectivity index (χ0n) is 12.8. The molecule has 1 aliphatic heterocycles. The third kappa shape index (κ3) is 15.1. The molecule has 0 saturated heterocycles. The molecule has 7 heteroatoms. The van der Waals surface area contributed by atoms with Crippen molar-refractivity contribution >= 4 is 7.25 Å². The summed E-state index contributed by atoms with van der Waals surface area (Å²) in [4.78, 5) is 4.61. The van der Waals surface area contributed by atoms with Crippen molar-refractivity contribution in [1.82, 2.24) is 9.80 Å². The third-order valence-electron chi connectivity index (χ3n) is 2.74. The smallest absolute Gasteiger partial charge is 0.418 e. The highest BCUT2D eigenvalue weighted by molar-refractivity contribution is 6.50. The van der Waals surface area contributed by atoms with Crippen LogP contribution in [0.25, 0.3) is 0 Å². The summed E-state index contributed by atoms with van der Waals surface area (Å²) in [6.45, 7) is 4.58. The number of unbranched alkanes of at least 4 members (excludes halogenated alkanes) is 5. The van der Waals surface area contributed by atoms with Gasteiger partial charge in [0.15, 0.2) is 0 Å². The highest BCUT2D eigenvalue weighted by Gasteiger charge is 2.20. The molecule has 0 amide bonds. The zero-order valence-corrected chi connectivity index (χ0v) is 11.8. The van der Waals surface area contributed by atoms with Gasteiger partial charge in [0.1, 0.15) is 0 Å². The van der Waals surface area contributed by atoms with Gasteiger partial charge in [0.2, 0.25) is 0 Å². The molecule has 0 unspecified atom stereocenters. The van der Waals surface area contributed by atoms with Gasteiger partial charge in [0.05, 0.1) is 6.67 Å². The van der Waals surface area contributed by atoms with Crippen molar-refractivity contribution in [3.63, 3.8) is 0 Å². The monoisotopic (exact) mass is 284 g/mol. The minimum Gasteiger partial charge on any atom is -0.418 e. The van der Waals surface area contributed by atoms with E-state index in [0.29, 0.717) is 0 Å². The maximum Gasteiger partial charge on any atom is 1.00 e.